The molecule has 1 saturated carbocycles. The van der Waals surface area contributed by atoms with Crippen molar-refractivity contribution >= 4 is 17.7 Å². The van der Waals surface area contributed by atoms with Gasteiger partial charge in [-0.15, -0.1) is 10.2 Å². The molecule has 2 aromatic rings. The SMILES string of the molecule is NC(=O)CCc1nnc(S[C@H]2CCc3ccccc3C2)n1C1CC1. The smallest absolute Gasteiger partial charge is 0.217 e. The molecule has 1 fully saturated rings. The molecule has 1 aromatic heterocycles. The first-order chi connectivity index (χ1) is 11.7. The molecule has 1 amide bonds. The van der Waals surface area contributed by atoms with Crippen LogP contribution in [0, 0.1) is 0 Å². The third-order valence-electron chi connectivity index (χ3n) is 4.82. The van der Waals surface area contributed by atoms with Gasteiger partial charge in [-0.25, -0.2) is 0 Å². The molecule has 0 radical (unpaired) electrons. The molecule has 1 aromatic carbocycles. The fourth-order valence-electron chi connectivity index (χ4n) is 3.41. The van der Waals surface area contributed by atoms with E-state index in [9.17, 15) is 4.79 Å². The molecule has 0 bridgehead atoms. The summed E-state index contributed by atoms with van der Waals surface area (Å²) in [5, 5.41) is 10.3. The van der Waals surface area contributed by atoms with E-state index in [4.69, 9.17) is 5.73 Å². The van der Waals surface area contributed by atoms with Crippen LogP contribution in [-0.2, 0) is 24.1 Å². The van der Waals surface area contributed by atoms with Gasteiger partial charge < -0.3 is 10.3 Å². The summed E-state index contributed by atoms with van der Waals surface area (Å²) < 4.78 is 2.26. The van der Waals surface area contributed by atoms with Crippen LogP contribution < -0.4 is 5.73 Å². The number of nitrogens with zero attached hydrogens (tertiary/aromatic N) is 3. The van der Waals surface area contributed by atoms with Crippen molar-refractivity contribution in [1.82, 2.24) is 14.8 Å². The lowest BCUT2D eigenvalue weighted by Gasteiger charge is -2.23. The molecule has 5 nitrogen and oxygen atoms in total. The molecule has 2 aliphatic carbocycles. The van der Waals surface area contributed by atoms with Crippen molar-refractivity contribution in [3.63, 3.8) is 0 Å². The minimum atomic E-state index is -0.279. The van der Waals surface area contributed by atoms with Gasteiger partial charge in [-0.3, -0.25) is 4.79 Å². The lowest BCUT2D eigenvalue weighted by atomic mass is 9.92. The molecular weight excluding hydrogens is 320 g/mol. The largest absolute Gasteiger partial charge is 0.370 e. The maximum Gasteiger partial charge on any atom is 0.217 e. The maximum absolute atomic E-state index is 11.1. The van der Waals surface area contributed by atoms with Crippen molar-refractivity contribution in [2.45, 2.75) is 61.4 Å². The van der Waals surface area contributed by atoms with Crippen molar-refractivity contribution < 1.29 is 4.79 Å². The van der Waals surface area contributed by atoms with Crippen LogP contribution in [0.15, 0.2) is 29.4 Å². The Bertz CT molecular complexity index is 753. The van der Waals surface area contributed by atoms with Crippen molar-refractivity contribution in [2.75, 3.05) is 0 Å². The number of primary amides is 1. The lowest BCUT2D eigenvalue weighted by Crippen LogP contribution is -2.17. The predicted molar refractivity (Wildman–Crippen MR) is 93.9 cm³/mol. The third-order valence-corrected chi connectivity index (χ3v) is 6.04. The van der Waals surface area contributed by atoms with Gasteiger partial charge in [0.15, 0.2) is 5.16 Å². The van der Waals surface area contributed by atoms with Crippen LogP contribution in [0.4, 0.5) is 0 Å². The average molecular weight is 342 g/mol. The number of aryl methyl sites for hydroxylation is 2. The summed E-state index contributed by atoms with van der Waals surface area (Å²) in [5.41, 5.74) is 8.23. The van der Waals surface area contributed by atoms with Crippen molar-refractivity contribution in [1.29, 1.82) is 0 Å². The Morgan fingerprint density at radius 2 is 2.00 bits per heavy atom. The summed E-state index contributed by atoms with van der Waals surface area (Å²) in [6, 6.07) is 9.25. The highest BCUT2D eigenvalue weighted by Gasteiger charge is 2.31. The van der Waals surface area contributed by atoms with Crippen LogP contribution in [0.25, 0.3) is 0 Å². The van der Waals surface area contributed by atoms with Crippen molar-refractivity contribution in [3.8, 4) is 0 Å². The highest BCUT2D eigenvalue weighted by atomic mass is 32.2. The summed E-state index contributed by atoms with van der Waals surface area (Å²) in [4.78, 5) is 11.1. The van der Waals surface area contributed by atoms with Gasteiger partial charge in [-0.1, -0.05) is 36.0 Å². The topological polar surface area (TPSA) is 73.8 Å². The molecule has 0 unspecified atom stereocenters. The van der Waals surface area contributed by atoms with Crippen LogP contribution in [0.5, 0.6) is 0 Å². The average Bonchev–Trinajstić information content (AvgIpc) is 3.34. The number of carbonyl (C=O) groups excluding carboxylic acids is 1. The van der Waals surface area contributed by atoms with Crippen molar-refractivity contribution in [3.05, 3.63) is 41.2 Å². The van der Waals surface area contributed by atoms with Crippen LogP contribution in [-0.4, -0.2) is 25.9 Å². The number of benzene rings is 1. The van der Waals surface area contributed by atoms with Gasteiger partial charge in [0.2, 0.25) is 5.91 Å². The summed E-state index contributed by atoms with van der Waals surface area (Å²) in [7, 11) is 0. The number of carbonyl (C=O) groups is 1. The zero-order chi connectivity index (χ0) is 16.5. The Balaban J connectivity index is 1.50. The Morgan fingerprint density at radius 1 is 1.21 bits per heavy atom. The molecule has 2 aliphatic rings. The zero-order valence-electron chi connectivity index (χ0n) is 13.6. The zero-order valence-corrected chi connectivity index (χ0v) is 14.5. The molecule has 1 heterocycles. The molecule has 126 valence electrons. The minimum absolute atomic E-state index is 0.279. The molecule has 4 rings (SSSR count). The number of thioether (sulfide) groups is 1. The fourth-order valence-corrected chi connectivity index (χ4v) is 4.66. The molecular formula is C18H22N4OS. The van der Waals surface area contributed by atoms with Gasteiger partial charge in [0.1, 0.15) is 5.82 Å². The van der Waals surface area contributed by atoms with E-state index in [2.05, 4.69) is 39.0 Å². The molecule has 6 heteroatoms. The van der Waals surface area contributed by atoms with Gasteiger partial charge in [0.25, 0.3) is 0 Å². The van der Waals surface area contributed by atoms with Crippen LogP contribution in [0.3, 0.4) is 0 Å². The van der Waals surface area contributed by atoms with E-state index < -0.39 is 0 Å². The molecule has 0 aliphatic heterocycles. The standard InChI is InChI=1S/C18H22N4OS/c19-16(23)9-10-17-20-21-18(22(17)14-6-7-14)24-15-8-5-12-3-1-2-4-13(12)11-15/h1-4,14-15H,5-11H2,(H2,19,23)/t15-/m0/s1. The number of nitrogens with two attached hydrogens (primary N) is 1. The van der Waals surface area contributed by atoms with Gasteiger partial charge in [-0.2, -0.15) is 0 Å². The van der Waals surface area contributed by atoms with Gasteiger partial charge in [-0.05, 0) is 43.2 Å². The Kier molecular flexibility index (Phi) is 4.31. The molecule has 0 saturated heterocycles. The van der Waals surface area contributed by atoms with E-state index in [0.717, 1.165) is 23.8 Å². The van der Waals surface area contributed by atoms with E-state index in [1.807, 2.05) is 11.8 Å². The van der Waals surface area contributed by atoms with E-state index in [0.29, 0.717) is 24.1 Å². The number of hydrogen-bond acceptors (Lipinski definition) is 4. The van der Waals surface area contributed by atoms with Gasteiger partial charge >= 0.3 is 0 Å². The third kappa shape index (κ3) is 3.34. The lowest BCUT2D eigenvalue weighted by molar-refractivity contribution is -0.118. The Morgan fingerprint density at radius 3 is 2.75 bits per heavy atom. The second kappa shape index (κ2) is 6.59. The summed E-state index contributed by atoms with van der Waals surface area (Å²) >= 11 is 1.85. The number of rotatable bonds is 6. The highest BCUT2D eigenvalue weighted by Crippen LogP contribution is 2.41. The number of amides is 1. The monoisotopic (exact) mass is 342 g/mol. The summed E-state index contributed by atoms with van der Waals surface area (Å²) in [5.74, 6) is 0.633. The quantitative estimate of drug-likeness (QED) is 0.876. The van der Waals surface area contributed by atoms with Crippen LogP contribution >= 0.6 is 11.8 Å². The number of fused-ring (bicyclic) bond motifs is 1. The number of aromatic nitrogens is 3. The van der Waals surface area contributed by atoms with Crippen LogP contribution in [0.2, 0.25) is 0 Å². The van der Waals surface area contributed by atoms with Crippen molar-refractivity contribution in [2.24, 2.45) is 5.73 Å². The van der Waals surface area contributed by atoms with Crippen LogP contribution in [0.1, 0.15) is 48.7 Å². The summed E-state index contributed by atoms with van der Waals surface area (Å²) in [6.07, 6.45) is 6.70. The van der Waals surface area contributed by atoms with Gasteiger partial charge in [0, 0.05) is 24.1 Å². The second-order valence-electron chi connectivity index (χ2n) is 6.72. The first kappa shape index (κ1) is 15.7. The second-order valence-corrected chi connectivity index (χ2v) is 7.99. The fraction of sp³-hybridized carbons (Fsp3) is 0.500. The minimum Gasteiger partial charge on any atom is -0.370 e. The van der Waals surface area contributed by atoms with E-state index in [1.165, 1.54) is 30.4 Å². The normalized spacial score (nSPS) is 19.9. The molecule has 24 heavy (non-hydrogen) atoms. The maximum atomic E-state index is 11.1. The van der Waals surface area contributed by atoms with E-state index in [1.54, 1.807) is 0 Å². The van der Waals surface area contributed by atoms with Gasteiger partial charge in [0.05, 0.1) is 0 Å². The molecule has 2 N–H and O–H groups in total. The van der Waals surface area contributed by atoms with E-state index >= 15 is 0 Å². The Hall–Kier alpha value is -1.82. The molecule has 1 atom stereocenters. The number of hydrogen-bond donors (Lipinski definition) is 1. The summed E-state index contributed by atoms with van der Waals surface area (Å²) in [6.45, 7) is 0. The first-order valence-corrected chi connectivity index (χ1v) is 9.54. The first-order valence-electron chi connectivity index (χ1n) is 8.66. The Labute approximate surface area is 146 Å². The highest BCUT2D eigenvalue weighted by molar-refractivity contribution is 7.99. The van der Waals surface area contributed by atoms with E-state index in [-0.39, 0.29) is 5.91 Å². The molecule has 0 spiro atoms. The predicted octanol–water partition coefficient (Wildman–Crippen LogP) is 2.68.